The first-order valence-corrected chi connectivity index (χ1v) is 6.42. The van der Waals surface area contributed by atoms with E-state index in [2.05, 4.69) is 5.32 Å². The monoisotopic (exact) mass is 235 g/mol. The molecule has 94 valence electrons. The van der Waals surface area contributed by atoms with Gasteiger partial charge < -0.3 is 15.5 Å². The molecule has 1 atom stereocenters. The molecule has 17 heavy (non-hydrogen) atoms. The Labute approximate surface area is 102 Å². The van der Waals surface area contributed by atoms with Gasteiger partial charge in [0, 0.05) is 11.6 Å². The highest BCUT2D eigenvalue weighted by molar-refractivity contribution is 5.40. The number of rotatable bonds is 6. The molecule has 0 saturated heterocycles. The van der Waals surface area contributed by atoms with E-state index in [9.17, 15) is 10.2 Å². The van der Waals surface area contributed by atoms with Gasteiger partial charge in [0.1, 0.15) is 11.5 Å². The van der Waals surface area contributed by atoms with Crippen LogP contribution >= 0.6 is 0 Å². The zero-order chi connectivity index (χ0) is 12.3. The Balaban J connectivity index is 1.80. The summed E-state index contributed by atoms with van der Waals surface area (Å²) in [5.74, 6) is 1.41. The molecule has 1 fully saturated rings. The molecule has 0 radical (unpaired) electrons. The summed E-state index contributed by atoms with van der Waals surface area (Å²) in [5.41, 5.74) is 0.761. The predicted octanol–water partition coefficient (Wildman–Crippen LogP) is 2.94. The van der Waals surface area contributed by atoms with Crippen LogP contribution in [0.4, 0.5) is 0 Å². The van der Waals surface area contributed by atoms with Crippen LogP contribution in [0.1, 0.15) is 44.2 Å². The highest BCUT2D eigenvalue weighted by Crippen LogP contribution is 2.33. The lowest BCUT2D eigenvalue weighted by atomic mass is 10.1. The lowest BCUT2D eigenvalue weighted by molar-refractivity contribution is 0.439. The van der Waals surface area contributed by atoms with Crippen LogP contribution in [0.5, 0.6) is 11.5 Å². The van der Waals surface area contributed by atoms with Crippen molar-refractivity contribution < 1.29 is 10.2 Å². The second-order valence-electron chi connectivity index (χ2n) is 5.00. The van der Waals surface area contributed by atoms with Gasteiger partial charge in [0.25, 0.3) is 0 Å². The minimum absolute atomic E-state index is 0.0707. The third-order valence-electron chi connectivity index (χ3n) is 3.41. The molecule has 1 aliphatic rings. The van der Waals surface area contributed by atoms with Gasteiger partial charge in [-0.05, 0) is 50.4 Å². The molecule has 1 unspecified atom stereocenters. The minimum Gasteiger partial charge on any atom is -0.508 e. The summed E-state index contributed by atoms with van der Waals surface area (Å²) in [5, 5.41) is 22.5. The molecule has 3 N–H and O–H groups in total. The first kappa shape index (κ1) is 12.2. The number of nitrogens with one attached hydrogen (secondary N) is 1. The van der Waals surface area contributed by atoms with Gasteiger partial charge in [-0.2, -0.15) is 0 Å². The summed E-state index contributed by atoms with van der Waals surface area (Å²) in [4.78, 5) is 0. The molecule has 0 heterocycles. The van der Waals surface area contributed by atoms with Crippen molar-refractivity contribution in [1.82, 2.24) is 5.32 Å². The third-order valence-corrected chi connectivity index (χ3v) is 3.41. The molecule has 0 bridgehead atoms. The van der Waals surface area contributed by atoms with Gasteiger partial charge in [0.15, 0.2) is 0 Å². The van der Waals surface area contributed by atoms with Gasteiger partial charge in [-0.3, -0.25) is 0 Å². The van der Waals surface area contributed by atoms with Gasteiger partial charge in [0.05, 0.1) is 0 Å². The summed E-state index contributed by atoms with van der Waals surface area (Å²) in [7, 11) is 0. The lowest BCUT2D eigenvalue weighted by Gasteiger charge is -2.15. The van der Waals surface area contributed by atoms with E-state index in [-0.39, 0.29) is 17.5 Å². The molecular weight excluding hydrogens is 214 g/mol. The minimum atomic E-state index is 0.0707. The fourth-order valence-electron chi connectivity index (χ4n) is 2.11. The Hall–Kier alpha value is -1.22. The van der Waals surface area contributed by atoms with Crippen molar-refractivity contribution in [3.05, 3.63) is 23.8 Å². The van der Waals surface area contributed by atoms with E-state index >= 15 is 0 Å². The summed E-state index contributed by atoms with van der Waals surface area (Å²) < 4.78 is 0. The van der Waals surface area contributed by atoms with Crippen LogP contribution in [0.3, 0.4) is 0 Å². The molecule has 0 aromatic heterocycles. The van der Waals surface area contributed by atoms with E-state index < -0.39 is 0 Å². The number of aromatic hydroxyl groups is 2. The van der Waals surface area contributed by atoms with Gasteiger partial charge in [0.2, 0.25) is 0 Å². The maximum atomic E-state index is 9.71. The fourth-order valence-corrected chi connectivity index (χ4v) is 2.11. The molecule has 1 aliphatic carbocycles. The molecule has 0 amide bonds. The summed E-state index contributed by atoms with van der Waals surface area (Å²) in [6.07, 6.45) is 5.31. The standard InChI is InChI=1S/C14H21NO2/c1-10(15-8-2-3-11-4-5-11)13-9-12(16)6-7-14(13)17/h6-7,9-11,15-17H,2-5,8H2,1H3. The van der Waals surface area contributed by atoms with E-state index in [0.717, 1.165) is 18.0 Å². The number of phenolic OH excluding ortho intramolecular Hbond substituents is 2. The highest BCUT2D eigenvalue weighted by Gasteiger charge is 2.20. The lowest BCUT2D eigenvalue weighted by Crippen LogP contribution is -2.20. The van der Waals surface area contributed by atoms with Gasteiger partial charge in [-0.15, -0.1) is 0 Å². The quantitative estimate of drug-likeness (QED) is 0.525. The molecular formula is C14H21NO2. The van der Waals surface area contributed by atoms with E-state index in [1.807, 2.05) is 6.92 Å². The number of phenols is 2. The predicted molar refractivity (Wildman–Crippen MR) is 68.1 cm³/mol. The number of benzene rings is 1. The first-order valence-electron chi connectivity index (χ1n) is 6.42. The van der Waals surface area contributed by atoms with Crippen molar-refractivity contribution in [2.45, 2.75) is 38.6 Å². The van der Waals surface area contributed by atoms with Crippen molar-refractivity contribution >= 4 is 0 Å². The zero-order valence-electron chi connectivity index (χ0n) is 10.3. The van der Waals surface area contributed by atoms with Crippen molar-refractivity contribution in [2.75, 3.05) is 6.54 Å². The number of hydrogen-bond acceptors (Lipinski definition) is 3. The SMILES string of the molecule is CC(NCCCC1CC1)c1cc(O)ccc1O. The smallest absolute Gasteiger partial charge is 0.120 e. The third kappa shape index (κ3) is 3.63. The highest BCUT2D eigenvalue weighted by atomic mass is 16.3. The van der Waals surface area contributed by atoms with Gasteiger partial charge in [-0.1, -0.05) is 12.8 Å². The second kappa shape index (κ2) is 5.41. The normalized spacial score (nSPS) is 17.0. The number of hydrogen-bond donors (Lipinski definition) is 3. The van der Waals surface area contributed by atoms with E-state index in [0.29, 0.717) is 0 Å². The summed E-state index contributed by atoms with van der Waals surface area (Å²) >= 11 is 0. The Kier molecular flexibility index (Phi) is 3.89. The Morgan fingerprint density at radius 3 is 2.82 bits per heavy atom. The van der Waals surface area contributed by atoms with Gasteiger partial charge in [-0.25, -0.2) is 0 Å². The Morgan fingerprint density at radius 2 is 2.12 bits per heavy atom. The van der Waals surface area contributed by atoms with E-state index in [4.69, 9.17) is 0 Å². The maximum absolute atomic E-state index is 9.71. The topological polar surface area (TPSA) is 52.5 Å². The van der Waals surface area contributed by atoms with Crippen LogP contribution in [0.15, 0.2) is 18.2 Å². The zero-order valence-corrected chi connectivity index (χ0v) is 10.3. The molecule has 1 aromatic rings. The van der Waals surface area contributed by atoms with E-state index in [1.54, 1.807) is 6.07 Å². The average molecular weight is 235 g/mol. The average Bonchev–Trinajstić information content (AvgIpc) is 3.11. The fraction of sp³-hybridized carbons (Fsp3) is 0.571. The van der Waals surface area contributed by atoms with Crippen LogP contribution in [0.2, 0.25) is 0 Å². The second-order valence-corrected chi connectivity index (χ2v) is 5.00. The molecule has 0 spiro atoms. The molecule has 3 heteroatoms. The molecule has 3 nitrogen and oxygen atoms in total. The first-order chi connectivity index (χ1) is 8.16. The molecule has 1 aromatic carbocycles. The summed E-state index contributed by atoms with van der Waals surface area (Å²) in [6.45, 7) is 2.97. The van der Waals surface area contributed by atoms with Crippen LogP contribution in [0, 0.1) is 5.92 Å². The van der Waals surface area contributed by atoms with Crippen LogP contribution in [-0.4, -0.2) is 16.8 Å². The van der Waals surface area contributed by atoms with Crippen molar-refractivity contribution in [3.63, 3.8) is 0 Å². The largest absolute Gasteiger partial charge is 0.508 e. The van der Waals surface area contributed by atoms with E-state index in [1.165, 1.54) is 37.8 Å². The van der Waals surface area contributed by atoms with Crippen molar-refractivity contribution in [2.24, 2.45) is 5.92 Å². The maximum Gasteiger partial charge on any atom is 0.120 e. The molecule has 0 aliphatic heterocycles. The molecule has 1 saturated carbocycles. The van der Waals surface area contributed by atoms with Crippen molar-refractivity contribution in [1.29, 1.82) is 0 Å². The van der Waals surface area contributed by atoms with Crippen LogP contribution in [-0.2, 0) is 0 Å². The molecule has 2 rings (SSSR count). The summed E-state index contributed by atoms with van der Waals surface area (Å²) in [6, 6.07) is 4.72. The Morgan fingerprint density at radius 1 is 1.35 bits per heavy atom. The van der Waals surface area contributed by atoms with Crippen molar-refractivity contribution in [3.8, 4) is 11.5 Å². The Bertz CT molecular complexity index is 374. The van der Waals surface area contributed by atoms with Crippen LogP contribution < -0.4 is 5.32 Å². The van der Waals surface area contributed by atoms with Crippen LogP contribution in [0.25, 0.3) is 0 Å². The van der Waals surface area contributed by atoms with Gasteiger partial charge >= 0.3 is 0 Å².